The number of imidazole rings is 1. The van der Waals surface area contributed by atoms with Crippen LogP contribution in [0.1, 0.15) is 61.3 Å². The average molecular weight is 620 g/mol. The topological polar surface area (TPSA) is 119 Å². The number of anilines is 1. The summed E-state index contributed by atoms with van der Waals surface area (Å²) in [5, 5.41) is 3.12. The molecule has 1 unspecified atom stereocenters. The molecule has 0 saturated heterocycles. The number of oxazole rings is 1. The highest BCUT2D eigenvalue weighted by molar-refractivity contribution is 7.87. The van der Waals surface area contributed by atoms with Crippen molar-refractivity contribution in [1.82, 2.24) is 28.2 Å². The number of unbranched alkanes of at least 4 members (excludes halogenated alkanes) is 1. The van der Waals surface area contributed by atoms with E-state index in [0.29, 0.717) is 65.2 Å². The molecular formula is C32H38FN7O3S. The van der Waals surface area contributed by atoms with Gasteiger partial charge in [0.25, 0.3) is 0 Å². The Hall–Kier alpha value is -4.16. The van der Waals surface area contributed by atoms with E-state index in [2.05, 4.69) is 32.2 Å². The van der Waals surface area contributed by atoms with E-state index in [4.69, 9.17) is 4.42 Å². The van der Waals surface area contributed by atoms with Gasteiger partial charge in [-0.2, -0.15) is 12.7 Å². The van der Waals surface area contributed by atoms with Gasteiger partial charge in [0, 0.05) is 51.8 Å². The predicted octanol–water partition coefficient (Wildman–Crippen LogP) is 5.79. The molecule has 4 heterocycles. The summed E-state index contributed by atoms with van der Waals surface area (Å²) in [6.07, 6.45) is 10.3. The third-order valence-electron chi connectivity index (χ3n) is 7.59. The zero-order chi connectivity index (χ0) is 31.1. The number of aryl methyl sites for hydroxylation is 2. The molecule has 0 aliphatic heterocycles. The molecule has 4 aromatic heterocycles. The zero-order valence-electron chi connectivity index (χ0n) is 25.3. The maximum atomic E-state index is 14.0. The summed E-state index contributed by atoms with van der Waals surface area (Å²) in [6.45, 7) is 2.39. The lowest BCUT2D eigenvalue weighted by Crippen LogP contribution is -2.31. The lowest BCUT2D eigenvalue weighted by Gasteiger charge is -2.17. The Bertz CT molecular complexity index is 1790. The number of hydrogen-bond acceptors (Lipinski definition) is 8. The molecule has 5 rings (SSSR count). The normalized spacial score (nSPS) is 12.7. The van der Waals surface area contributed by atoms with Gasteiger partial charge in [0.15, 0.2) is 22.8 Å². The highest BCUT2D eigenvalue weighted by Gasteiger charge is 2.24. The van der Waals surface area contributed by atoms with Crippen molar-refractivity contribution in [2.75, 3.05) is 19.4 Å². The Morgan fingerprint density at radius 3 is 2.57 bits per heavy atom. The first-order valence-electron chi connectivity index (χ1n) is 14.8. The van der Waals surface area contributed by atoms with Crippen molar-refractivity contribution in [3.05, 3.63) is 102 Å². The van der Waals surface area contributed by atoms with Crippen molar-refractivity contribution in [3.8, 4) is 0 Å². The fraction of sp³-hybridized carbons (Fsp3) is 0.375. The number of fused-ring (bicyclic) bond motifs is 1. The van der Waals surface area contributed by atoms with E-state index in [1.807, 2.05) is 30.3 Å². The largest absolute Gasteiger partial charge is 0.440 e. The van der Waals surface area contributed by atoms with Gasteiger partial charge >= 0.3 is 10.2 Å². The summed E-state index contributed by atoms with van der Waals surface area (Å²) >= 11 is 0. The highest BCUT2D eigenvalue weighted by atomic mass is 32.2. The van der Waals surface area contributed by atoms with E-state index < -0.39 is 10.2 Å². The van der Waals surface area contributed by atoms with Crippen LogP contribution in [-0.2, 0) is 36.0 Å². The quantitative estimate of drug-likeness (QED) is 0.146. The van der Waals surface area contributed by atoms with Gasteiger partial charge in [0.2, 0.25) is 0 Å². The molecule has 232 valence electrons. The minimum Gasteiger partial charge on any atom is -0.440 e. The number of benzene rings is 1. The van der Waals surface area contributed by atoms with Gasteiger partial charge in [-0.05, 0) is 36.5 Å². The summed E-state index contributed by atoms with van der Waals surface area (Å²) in [5.74, 6) is 1.77. The van der Waals surface area contributed by atoms with Gasteiger partial charge in [0.1, 0.15) is 11.6 Å². The van der Waals surface area contributed by atoms with E-state index in [9.17, 15) is 12.8 Å². The van der Waals surface area contributed by atoms with Crippen LogP contribution in [0.4, 0.5) is 10.2 Å². The third kappa shape index (κ3) is 7.48. The molecule has 0 amide bonds. The Balaban J connectivity index is 1.14. The molecule has 0 spiro atoms. The standard InChI is InChI=1S/C32H38FN7O3S/c1-23(15-16-30-38-31-28(43-30)17-19-35-32(31)37-22-27-26(33)13-9-18-34-27)10-7-8-14-29-36-21-25(20-24-11-5-4-6-12-24)40(29)44(41,42)39(2)3/h4-6,9,11-13,17-19,21,23H,7-8,10,14-16,20,22H2,1-3H3,(H,35,37). The second-order valence-electron chi connectivity index (χ2n) is 11.2. The number of pyridine rings is 2. The molecule has 1 aromatic carbocycles. The van der Waals surface area contributed by atoms with Crippen molar-refractivity contribution in [1.29, 1.82) is 0 Å². The number of rotatable bonds is 15. The Morgan fingerprint density at radius 2 is 1.80 bits per heavy atom. The first-order chi connectivity index (χ1) is 21.2. The van der Waals surface area contributed by atoms with Gasteiger partial charge in [0.05, 0.1) is 24.1 Å². The minimum atomic E-state index is -3.70. The van der Waals surface area contributed by atoms with Gasteiger partial charge in [-0.1, -0.05) is 50.1 Å². The van der Waals surface area contributed by atoms with E-state index >= 15 is 0 Å². The molecule has 44 heavy (non-hydrogen) atoms. The Kier molecular flexibility index (Phi) is 10.0. The van der Waals surface area contributed by atoms with Crippen LogP contribution >= 0.6 is 0 Å². The molecule has 1 N–H and O–H groups in total. The van der Waals surface area contributed by atoms with E-state index in [0.717, 1.165) is 31.2 Å². The predicted molar refractivity (Wildman–Crippen MR) is 168 cm³/mol. The van der Waals surface area contributed by atoms with Crippen molar-refractivity contribution in [2.45, 2.75) is 58.4 Å². The Morgan fingerprint density at radius 1 is 0.977 bits per heavy atom. The Labute approximate surface area is 257 Å². The highest BCUT2D eigenvalue weighted by Crippen LogP contribution is 2.25. The molecule has 0 saturated carbocycles. The molecule has 0 aliphatic rings. The average Bonchev–Trinajstić information content (AvgIpc) is 3.62. The molecule has 0 aliphatic carbocycles. The van der Waals surface area contributed by atoms with Crippen molar-refractivity contribution >= 4 is 27.1 Å². The number of aromatic nitrogens is 5. The van der Waals surface area contributed by atoms with Crippen LogP contribution in [0, 0.1) is 11.7 Å². The summed E-state index contributed by atoms with van der Waals surface area (Å²) in [4.78, 5) is 17.6. The van der Waals surface area contributed by atoms with Crippen LogP contribution in [-0.4, -0.2) is 50.7 Å². The lowest BCUT2D eigenvalue weighted by atomic mass is 9.98. The first-order valence-corrected chi connectivity index (χ1v) is 16.2. The third-order valence-corrected chi connectivity index (χ3v) is 9.42. The number of nitrogens with zero attached hydrogens (tertiary/aromatic N) is 6. The van der Waals surface area contributed by atoms with E-state index in [1.54, 1.807) is 44.8 Å². The summed E-state index contributed by atoms with van der Waals surface area (Å²) in [6, 6.07) is 14.5. The van der Waals surface area contributed by atoms with E-state index in [-0.39, 0.29) is 12.4 Å². The second-order valence-corrected chi connectivity index (χ2v) is 13.2. The minimum absolute atomic E-state index is 0.188. The zero-order valence-corrected chi connectivity index (χ0v) is 26.1. The van der Waals surface area contributed by atoms with Crippen LogP contribution in [0.2, 0.25) is 0 Å². The second kappa shape index (κ2) is 14.1. The molecule has 12 heteroatoms. The lowest BCUT2D eigenvalue weighted by molar-refractivity contribution is 0.432. The van der Waals surface area contributed by atoms with Gasteiger partial charge in [-0.25, -0.2) is 23.3 Å². The summed E-state index contributed by atoms with van der Waals surface area (Å²) in [5.41, 5.74) is 3.23. The maximum absolute atomic E-state index is 14.0. The van der Waals surface area contributed by atoms with Crippen LogP contribution in [0.3, 0.4) is 0 Å². The molecule has 10 nitrogen and oxygen atoms in total. The van der Waals surface area contributed by atoms with Crippen molar-refractivity contribution in [2.24, 2.45) is 5.92 Å². The van der Waals surface area contributed by atoms with E-state index in [1.165, 1.54) is 14.3 Å². The molecule has 0 fully saturated rings. The molecule has 5 aromatic rings. The van der Waals surface area contributed by atoms with Crippen molar-refractivity contribution in [3.63, 3.8) is 0 Å². The SMILES string of the molecule is CC(CCCCc1ncc(Cc2ccccc2)n1S(=O)(=O)N(C)C)CCc1nc2c(NCc3ncccc3F)nccc2o1. The fourth-order valence-electron chi connectivity index (χ4n) is 5.10. The molecule has 0 radical (unpaired) electrons. The van der Waals surface area contributed by atoms with Gasteiger partial charge in [-0.15, -0.1) is 0 Å². The number of halogens is 1. The molecular weight excluding hydrogens is 581 g/mol. The summed E-state index contributed by atoms with van der Waals surface area (Å²) in [7, 11) is -0.615. The molecule has 1 atom stereocenters. The monoisotopic (exact) mass is 619 g/mol. The van der Waals surface area contributed by atoms with Gasteiger partial charge < -0.3 is 9.73 Å². The maximum Gasteiger partial charge on any atom is 0.308 e. The van der Waals surface area contributed by atoms with Crippen LogP contribution < -0.4 is 5.32 Å². The van der Waals surface area contributed by atoms with Crippen LogP contribution in [0.5, 0.6) is 0 Å². The smallest absolute Gasteiger partial charge is 0.308 e. The van der Waals surface area contributed by atoms with Crippen molar-refractivity contribution < 1.29 is 17.2 Å². The fourth-order valence-corrected chi connectivity index (χ4v) is 6.24. The number of nitrogens with one attached hydrogen (secondary N) is 1. The summed E-state index contributed by atoms with van der Waals surface area (Å²) < 4.78 is 49.0. The molecule has 0 bridgehead atoms. The van der Waals surface area contributed by atoms with Crippen LogP contribution in [0.15, 0.2) is 71.5 Å². The van der Waals surface area contributed by atoms with Gasteiger partial charge in [-0.3, -0.25) is 4.98 Å². The van der Waals surface area contributed by atoms with Crippen LogP contribution in [0.25, 0.3) is 11.1 Å². The number of hydrogen-bond donors (Lipinski definition) is 1. The first kappa shape index (κ1) is 31.3.